The van der Waals surface area contributed by atoms with E-state index in [1.54, 1.807) is 23.1 Å². The number of nitrogens with zero attached hydrogens (tertiary/aromatic N) is 3. The summed E-state index contributed by atoms with van der Waals surface area (Å²) in [6, 6.07) is 18.0. The third-order valence-electron chi connectivity index (χ3n) is 7.38. The van der Waals surface area contributed by atoms with Crippen molar-refractivity contribution in [2.24, 2.45) is 22.2 Å². The first kappa shape index (κ1) is 29.6. The van der Waals surface area contributed by atoms with E-state index in [-0.39, 0.29) is 30.2 Å². The second-order valence-corrected chi connectivity index (χ2v) is 11.2. The minimum Gasteiger partial charge on any atom is -0.370 e. The van der Waals surface area contributed by atoms with Crippen LogP contribution in [-0.2, 0) is 22.4 Å². The van der Waals surface area contributed by atoms with Crippen LogP contribution in [0.15, 0.2) is 65.7 Å². The molecule has 0 spiro atoms. The topological polar surface area (TPSA) is 131 Å². The van der Waals surface area contributed by atoms with E-state index in [0.29, 0.717) is 48.9 Å². The van der Waals surface area contributed by atoms with E-state index in [4.69, 9.17) is 40.4 Å². The number of hydrogen-bond acceptors (Lipinski definition) is 4. The van der Waals surface area contributed by atoms with Gasteiger partial charge in [0, 0.05) is 35.7 Å². The minimum absolute atomic E-state index is 0.00426. The van der Waals surface area contributed by atoms with Gasteiger partial charge in [-0.15, -0.1) is 0 Å². The Bertz CT molecular complexity index is 1390. The molecule has 10 heteroatoms. The van der Waals surface area contributed by atoms with Gasteiger partial charge in [-0.1, -0.05) is 71.7 Å². The van der Waals surface area contributed by atoms with Gasteiger partial charge in [0.05, 0.1) is 6.04 Å². The summed E-state index contributed by atoms with van der Waals surface area (Å²) in [5.41, 5.74) is 19.2. The molecule has 0 bridgehead atoms. The second kappa shape index (κ2) is 13.4. The van der Waals surface area contributed by atoms with Crippen molar-refractivity contribution in [3.8, 4) is 0 Å². The van der Waals surface area contributed by atoms with Crippen LogP contribution >= 0.6 is 23.2 Å². The van der Waals surface area contributed by atoms with Crippen LogP contribution in [0, 0.1) is 0 Å². The maximum Gasteiger partial charge on any atom is 0.245 e. The van der Waals surface area contributed by atoms with Gasteiger partial charge in [-0.05, 0) is 66.6 Å². The molecule has 0 radical (unpaired) electrons. The second-order valence-electron chi connectivity index (χ2n) is 10.3. The Morgan fingerprint density at radius 3 is 2.55 bits per heavy atom. The zero-order valence-electron chi connectivity index (χ0n) is 22.6. The molecule has 0 unspecified atom stereocenters. The molecular formula is C30H36Cl2N6O2. The van der Waals surface area contributed by atoms with E-state index in [0.717, 1.165) is 11.1 Å². The molecule has 3 aromatic rings. The van der Waals surface area contributed by atoms with Gasteiger partial charge < -0.3 is 27.0 Å². The first-order valence-electron chi connectivity index (χ1n) is 13.5. The van der Waals surface area contributed by atoms with Crippen molar-refractivity contribution < 1.29 is 9.59 Å². The molecule has 6 N–H and O–H groups in total. The Morgan fingerprint density at radius 1 is 1.07 bits per heavy atom. The molecule has 1 aliphatic rings. The predicted molar refractivity (Wildman–Crippen MR) is 162 cm³/mol. The molecule has 1 fully saturated rings. The normalized spacial score (nSPS) is 18.1. The third kappa shape index (κ3) is 7.24. The number of aliphatic imine (C=N–C) groups is 1. The molecule has 1 heterocycles. The van der Waals surface area contributed by atoms with Gasteiger partial charge >= 0.3 is 0 Å². The number of fused-ring (bicyclic) bond motifs is 1. The average Bonchev–Trinajstić information content (AvgIpc) is 2.92. The van der Waals surface area contributed by atoms with E-state index < -0.39 is 12.1 Å². The lowest BCUT2D eigenvalue weighted by atomic mass is 9.97. The van der Waals surface area contributed by atoms with E-state index >= 15 is 0 Å². The molecule has 4 rings (SSSR count). The predicted octanol–water partition coefficient (Wildman–Crippen LogP) is 3.74. The van der Waals surface area contributed by atoms with Crippen molar-refractivity contribution in [1.82, 2.24) is 9.80 Å². The van der Waals surface area contributed by atoms with Gasteiger partial charge in [-0.2, -0.15) is 0 Å². The number of hydrogen-bond donors (Lipinski definition) is 3. The van der Waals surface area contributed by atoms with Crippen molar-refractivity contribution in [2.75, 3.05) is 19.6 Å². The molecule has 3 atom stereocenters. The number of benzene rings is 3. The van der Waals surface area contributed by atoms with Crippen LogP contribution in [0.1, 0.15) is 30.9 Å². The van der Waals surface area contributed by atoms with E-state index in [2.05, 4.69) is 35.3 Å². The molecule has 8 nitrogen and oxygen atoms in total. The van der Waals surface area contributed by atoms with Crippen LogP contribution in [0.4, 0.5) is 0 Å². The van der Waals surface area contributed by atoms with E-state index in [1.165, 1.54) is 10.8 Å². The Morgan fingerprint density at radius 2 is 1.82 bits per heavy atom. The fraction of sp³-hybridized carbons (Fsp3) is 0.367. The summed E-state index contributed by atoms with van der Waals surface area (Å²) in [5, 5.41) is 3.31. The average molecular weight is 584 g/mol. The number of piperazine rings is 1. The quantitative estimate of drug-likeness (QED) is 0.190. The zero-order chi connectivity index (χ0) is 28.8. The summed E-state index contributed by atoms with van der Waals surface area (Å²) in [6.45, 7) is 3.28. The van der Waals surface area contributed by atoms with Crippen molar-refractivity contribution in [2.45, 2.75) is 50.7 Å². The summed E-state index contributed by atoms with van der Waals surface area (Å²) in [5.74, 6) is -0.378. The number of carbonyl (C=O) groups excluding carboxylic acids is 2. The number of guanidine groups is 1. The third-order valence-corrected chi connectivity index (χ3v) is 7.96. The molecule has 2 amide bonds. The molecule has 3 aromatic carbocycles. The number of carbonyl (C=O) groups is 2. The van der Waals surface area contributed by atoms with Crippen LogP contribution in [0.2, 0.25) is 10.0 Å². The number of halogens is 2. The van der Waals surface area contributed by atoms with Gasteiger partial charge in [0.1, 0.15) is 6.04 Å². The van der Waals surface area contributed by atoms with Gasteiger partial charge in [-0.25, -0.2) is 0 Å². The minimum atomic E-state index is -0.858. The van der Waals surface area contributed by atoms with Crippen molar-refractivity contribution in [3.63, 3.8) is 0 Å². The largest absolute Gasteiger partial charge is 0.370 e. The summed E-state index contributed by atoms with van der Waals surface area (Å²) in [7, 11) is 0. The van der Waals surface area contributed by atoms with Gasteiger partial charge in [0.15, 0.2) is 5.96 Å². The number of nitrogens with two attached hydrogens (primary N) is 3. The highest BCUT2D eigenvalue weighted by atomic mass is 35.5. The van der Waals surface area contributed by atoms with Crippen LogP contribution in [0.25, 0.3) is 10.8 Å². The monoisotopic (exact) mass is 582 g/mol. The summed E-state index contributed by atoms with van der Waals surface area (Å²) >= 11 is 12.3. The fourth-order valence-corrected chi connectivity index (χ4v) is 5.75. The van der Waals surface area contributed by atoms with Crippen LogP contribution < -0.4 is 17.2 Å². The zero-order valence-corrected chi connectivity index (χ0v) is 24.1. The Labute approximate surface area is 245 Å². The van der Waals surface area contributed by atoms with E-state index in [1.807, 2.05) is 24.0 Å². The van der Waals surface area contributed by atoms with Gasteiger partial charge in [0.2, 0.25) is 11.8 Å². The Balaban J connectivity index is 1.49. The molecule has 0 saturated carbocycles. The highest BCUT2D eigenvalue weighted by Gasteiger charge is 2.41. The van der Waals surface area contributed by atoms with Gasteiger partial charge in [0.25, 0.3) is 0 Å². The molecule has 40 heavy (non-hydrogen) atoms. The van der Waals surface area contributed by atoms with Crippen molar-refractivity contribution in [3.05, 3.63) is 81.8 Å². The SMILES string of the molecule is C[C@@H]1CN(C(=O)[C@H](N)Cc2ccc(Cl)cc2Cl)[C@@H](CCCN=C(N)N)C(=O)N1CCc1ccc2ccccc2c1. The number of amides is 2. The standard InChI is InChI=1S/C30H36Cl2N6O2/c1-19-18-38(28(39)26(33)16-23-10-11-24(31)17-25(23)32)27(7-4-13-36-30(34)35)29(40)37(19)14-12-20-8-9-21-5-2-3-6-22(21)15-20/h2-3,5-6,8-11,15,17,19,26-27H,4,7,12-14,16,18,33H2,1H3,(H4,34,35,36)/t19-,26-,27+/m1/s1. The Kier molecular flexibility index (Phi) is 9.90. The van der Waals surface area contributed by atoms with Crippen LogP contribution in [-0.4, -0.2) is 65.3 Å². The van der Waals surface area contributed by atoms with E-state index in [9.17, 15) is 9.59 Å². The highest BCUT2D eigenvalue weighted by Crippen LogP contribution is 2.25. The summed E-state index contributed by atoms with van der Waals surface area (Å²) in [4.78, 5) is 35.0. The van der Waals surface area contributed by atoms with Crippen molar-refractivity contribution >= 4 is 51.7 Å². The Hall–Kier alpha value is -3.33. The number of rotatable bonds is 10. The molecule has 0 aromatic heterocycles. The molecule has 1 aliphatic heterocycles. The van der Waals surface area contributed by atoms with Gasteiger partial charge in [-0.3, -0.25) is 14.6 Å². The molecule has 0 aliphatic carbocycles. The maximum atomic E-state index is 13.9. The molecular weight excluding hydrogens is 547 g/mol. The van der Waals surface area contributed by atoms with Crippen LogP contribution in [0.3, 0.4) is 0 Å². The molecule has 212 valence electrons. The maximum absolute atomic E-state index is 13.9. The first-order valence-corrected chi connectivity index (χ1v) is 14.2. The molecule has 1 saturated heterocycles. The smallest absolute Gasteiger partial charge is 0.245 e. The highest BCUT2D eigenvalue weighted by molar-refractivity contribution is 6.35. The van der Waals surface area contributed by atoms with Crippen LogP contribution in [0.5, 0.6) is 0 Å². The lowest BCUT2D eigenvalue weighted by Gasteiger charge is -2.45. The first-order chi connectivity index (χ1) is 19.1. The summed E-state index contributed by atoms with van der Waals surface area (Å²) in [6.07, 6.45) is 1.92. The summed E-state index contributed by atoms with van der Waals surface area (Å²) < 4.78 is 0. The lowest BCUT2D eigenvalue weighted by molar-refractivity contribution is -0.155. The van der Waals surface area contributed by atoms with Crippen molar-refractivity contribution in [1.29, 1.82) is 0 Å². The lowest BCUT2D eigenvalue weighted by Crippen LogP contribution is -2.64. The fourth-order valence-electron chi connectivity index (χ4n) is 5.27.